The van der Waals surface area contributed by atoms with Gasteiger partial charge in [-0.05, 0) is 11.5 Å². The monoisotopic (exact) mass is 160 g/mol. The van der Waals surface area contributed by atoms with Gasteiger partial charge in [-0.3, -0.25) is 0 Å². The highest BCUT2D eigenvalue weighted by molar-refractivity contribution is 7.99. The van der Waals surface area contributed by atoms with Crippen LogP contribution in [0.5, 0.6) is 0 Å². The summed E-state index contributed by atoms with van der Waals surface area (Å²) in [4.78, 5) is 4.03. The fourth-order valence-electron chi connectivity index (χ4n) is 0.424. The minimum Gasteiger partial charge on any atom is -0.218 e. The van der Waals surface area contributed by atoms with Crippen molar-refractivity contribution in [2.24, 2.45) is 0 Å². The lowest BCUT2D eigenvalue weighted by atomic mass is 10.6. The summed E-state index contributed by atoms with van der Waals surface area (Å²) in [7, 11) is 0. The van der Waals surface area contributed by atoms with Crippen molar-refractivity contribution >= 4 is 23.3 Å². The van der Waals surface area contributed by atoms with E-state index in [1.807, 2.05) is 0 Å². The zero-order valence-corrected chi connectivity index (χ0v) is 7.00. The fourth-order valence-corrected chi connectivity index (χ4v) is 1.66. The van der Waals surface area contributed by atoms with Crippen LogP contribution in [0, 0.1) is 0 Å². The van der Waals surface area contributed by atoms with Crippen LogP contribution in [0.2, 0.25) is 0 Å². The molecule has 0 amide bonds. The summed E-state index contributed by atoms with van der Waals surface area (Å²) in [6.45, 7) is 4.26. The van der Waals surface area contributed by atoms with Gasteiger partial charge in [0, 0.05) is 5.25 Å². The van der Waals surface area contributed by atoms with Crippen molar-refractivity contribution in [2.75, 3.05) is 0 Å². The van der Waals surface area contributed by atoms with Gasteiger partial charge in [0.15, 0.2) is 5.16 Å². The second-order valence-electron chi connectivity index (χ2n) is 1.88. The largest absolute Gasteiger partial charge is 0.218 e. The SMILES string of the molecule is CC(C)Sc1ncsn1. The first-order valence-electron chi connectivity index (χ1n) is 2.72. The first kappa shape index (κ1) is 7.02. The summed E-state index contributed by atoms with van der Waals surface area (Å²) in [6, 6.07) is 0. The Hall–Kier alpha value is -0.0900. The van der Waals surface area contributed by atoms with Gasteiger partial charge >= 0.3 is 0 Å². The smallest absolute Gasteiger partial charge is 0.200 e. The topological polar surface area (TPSA) is 25.8 Å². The highest BCUT2D eigenvalue weighted by Crippen LogP contribution is 2.18. The lowest BCUT2D eigenvalue weighted by Crippen LogP contribution is -1.86. The number of nitrogens with zero attached hydrogens (tertiary/aromatic N) is 2. The van der Waals surface area contributed by atoms with Crippen LogP contribution in [-0.4, -0.2) is 14.6 Å². The quantitative estimate of drug-likeness (QED) is 0.619. The first-order valence-corrected chi connectivity index (χ1v) is 4.43. The van der Waals surface area contributed by atoms with Gasteiger partial charge < -0.3 is 0 Å². The summed E-state index contributed by atoms with van der Waals surface area (Å²) < 4.78 is 4.05. The molecule has 4 heteroatoms. The Morgan fingerprint density at radius 2 is 2.44 bits per heavy atom. The Morgan fingerprint density at radius 3 is 2.89 bits per heavy atom. The van der Waals surface area contributed by atoms with E-state index in [0.717, 1.165) is 5.16 Å². The predicted octanol–water partition coefficient (Wildman–Crippen LogP) is 2.04. The van der Waals surface area contributed by atoms with Crippen molar-refractivity contribution in [3.05, 3.63) is 5.51 Å². The second-order valence-corrected chi connectivity index (χ2v) is 4.03. The summed E-state index contributed by atoms with van der Waals surface area (Å²) in [6.07, 6.45) is 0. The van der Waals surface area contributed by atoms with Crippen LogP contribution in [0.1, 0.15) is 13.8 Å². The Balaban J connectivity index is 2.48. The van der Waals surface area contributed by atoms with Gasteiger partial charge in [-0.2, -0.15) is 4.37 Å². The summed E-state index contributed by atoms with van der Waals surface area (Å²) in [5, 5.41) is 1.48. The maximum atomic E-state index is 4.05. The molecule has 9 heavy (non-hydrogen) atoms. The number of rotatable bonds is 2. The van der Waals surface area contributed by atoms with E-state index in [1.54, 1.807) is 17.3 Å². The van der Waals surface area contributed by atoms with E-state index < -0.39 is 0 Å². The maximum absolute atomic E-state index is 4.05. The van der Waals surface area contributed by atoms with E-state index in [-0.39, 0.29) is 0 Å². The van der Waals surface area contributed by atoms with E-state index in [2.05, 4.69) is 23.2 Å². The van der Waals surface area contributed by atoms with Gasteiger partial charge in [-0.25, -0.2) is 4.98 Å². The standard InChI is InChI=1S/C5H8N2S2/c1-4(2)9-5-6-3-8-7-5/h3-4H,1-2H3. The average Bonchev–Trinajstić information content (AvgIpc) is 2.15. The van der Waals surface area contributed by atoms with Crippen LogP contribution in [0.3, 0.4) is 0 Å². The number of thioether (sulfide) groups is 1. The van der Waals surface area contributed by atoms with E-state index in [4.69, 9.17) is 0 Å². The summed E-state index contributed by atoms with van der Waals surface area (Å²) in [5.41, 5.74) is 1.75. The molecule has 0 fully saturated rings. The number of aromatic nitrogens is 2. The van der Waals surface area contributed by atoms with Crippen LogP contribution in [0.15, 0.2) is 10.7 Å². The molecular weight excluding hydrogens is 152 g/mol. The van der Waals surface area contributed by atoms with Gasteiger partial charge in [-0.1, -0.05) is 25.6 Å². The maximum Gasteiger partial charge on any atom is 0.200 e. The molecule has 1 aromatic heterocycles. The molecule has 0 aromatic carbocycles. The lowest BCUT2D eigenvalue weighted by molar-refractivity contribution is 1.04. The molecule has 0 saturated heterocycles. The van der Waals surface area contributed by atoms with E-state index in [0.29, 0.717) is 5.25 Å². The Labute approximate surface area is 62.9 Å². The fraction of sp³-hybridized carbons (Fsp3) is 0.600. The third-order valence-electron chi connectivity index (χ3n) is 0.682. The number of hydrogen-bond donors (Lipinski definition) is 0. The minimum atomic E-state index is 0.583. The van der Waals surface area contributed by atoms with Crippen molar-refractivity contribution in [3.63, 3.8) is 0 Å². The highest BCUT2D eigenvalue weighted by Gasteiger charge is 1.99. The molecule has 0 aliphatic heterocycles. The molecule has 2 nitrogen and oxygen atoms in total. The zero-order valence-electron chi connectivity index (χ0n) is 5.37. The van der Waals surface area contributed by atoms with Gasteiger partial charge in [-0.15, -0.1) is 0 Å². The van der Waals surface area contributed by atoms with E-state index >= 15 is 0 Å². The molecule has 0 aliphatic rings. The molecule has 1 aromatic rings. The molecule has 1 heterocycles. The molecule has 0 N–H and O–H groups in total. The van der Waals surface area contributed by atoms with Crippen molar-refractivity contribution in [3.8, 4) is 0 Å². The highest BCUT2D eigenvalue weighted by atomic mass is 32.2. The van der Waals surface area contributed by atoms with Crippen LogP contribution >= 0.6 is 23.3 Å². The molecule has 1 rings (SSSR count). The van der Waals surface area contributed by atoms with Gasteiger partial charge in [0.05, 0.1) is 0 Å². The molecule has 0 aliphatic carbocycles. The Kier molecular flexibility index (Phi) is 2.48. The third kappa shape index (κ3) is 2.32. The van der Waals surface area contributed by atoms with Crippen LogP contribution in [0.25, 0.3) is 0 Å². The molecule has 50 valence electrons. The van der Waals surface area contributed by atoms with Crippen molar-refractivity contribution in [1.82, 2.24) is 9.36 Å². The van der Waals surface area contributed by atoms with Crippen LogP contribution in [0.4, 0.5) is 0 Å². The first-order chi connectivity index (χ1) is 4.29. The lowest BCUT2D eigenvalue weighted by Gasteiger charge is -1.96. The molecule has 0 spiro atoms. The van der Waals surface area contributed by atoms with Gasteiger partial charge in [0.25, 0.3) is 0 Å². The summed E-state index contributed by atoms with van der Waals surface area (Å²) in [5.74, 6) is 0. The van der Waals surface area contributed by atoms with E-state index in [1.165, 1.54) is 11.5 Å². The number of hydrogen-bond acceptors (Lipinski definition) is 4. The Bertz CT molecular complexity index is 159. The molecule has 0 radical (unpaired) electrons. The molecule has 0 bridgehead atoms. The van der Waals surface area contributed by atoms with Gasteiger partial charge in [0.2, 0.25) is 0 Å². The molecule has 0 atom stereocenters. The third-order valence-corrected chi connectivity index (χ3v) is 2.15. The predicted molar refractivity (Wildman–Crippen MR) is 40.9 cm³/mol. The van der Waals surface area contributed by atoms with E-state index in [9.17, 15) is 0 Å². The van der Waals surface area contributed by atoms with Crippen LogP contribution in [-0.2, 0) is 0 Å². The Morgan fingerprint density at radius 1 is 1.67 bits per heavy atom. The van der Waals surface area contributed by atoms with Crippen molar-refractivity contribution in [1.29, 1.82) is 0 Å². The minimum absolute atomic E-state index is 0.583. The second kappa shape index (κ2) is 3.17. The molecule has 0 unspecified atom stereocenters. The van der Waals surface area contributed by atoms with Crippen LogP contribution < -0.4 is 0 Å². The molecule has 0 saturated carbocycles. The van der Waals surface area contributed by atoms with Crippen molar-refractivity contribution < 1.29 is 0 Å². The summed E-state index contributed by atoms with van der Waals surface area (Å²) >= 11 is 3.09. The van der Waals surface area contributed by atoms with Crippen molar-refractivity contribution in [2.45, 2.75) is 24.3 Å². The molecular formula is C5H8N2S2. The normalized spacial score (nSPS) is 10.6. The zero-order chi connectivity index (χ0) is 6.69. The average molecular weight is 160 g/mol. The van der Waals surface area contributed by atoms with Gasteiger partial charge in [0.1, 0.15) is 5.51 Å².